The Bertz CT molecular complexity index is 194. The molecule has 1 heteroatoms. The molecule has 1 saturated carbocycles. The van der Waals surface area contributed by atoms with Gasteiger partial charge in [-0.25, -0.2) is 0 Å². The Morgan fingerprint density at radius 2 is 1.05 bits per heavy atom. The fraction of sp³-hybridized carbons (Fsp3) is 0.947. The van der Waals surface area contributed by atoms with Gasteiger partial charge in [0.1, 0.15) is 0 Å². The van der Waals surface area contributed by atoms with Gasteiger partial charge in [0, 0.05) is 0 Å². The first-order valence-electron chi connectivity index (χ1n) is 9.64. The fourth-order valence-electron chi connectivity index (χ4n) is 4.14. The summed E-state index contributed by atoms with van der Waals surface area (Å²) < 4.78 is 7.29. The van der Waals surface area contributed by atoms with Crippen LogP contribution in [0.1, 0.15) is 97.8 Å². The molecule has 0 aliphatic heterocycles. The molecule has 1 aliphatic carbocycles. The van der Waals surface area contributed by atoms with Crippen molar-refractivity contribution in [3.63, 3.8) is 0 Å². The van der Waals surface area contributed by atoms with Crippen LogP contribution < -0.4 is 0 Å². The van der Waals surface area contributed by atoms with Crippen molar-refractivity contribution in [2.45, 2.75) is 111 Å². The first-order valence-corrected chi connectivity index (χ1v) is 17.1. The monoisotopic (exact) mass is 387 g/mol. The van der Waals surface area contributed by atoms with Crippen LogP contribution in [0.4, 0.5) is 0 Å². The second kappa shape index (κ2) is 11.4. The summed E-state index contributed by atoms with van der Waals surface area (Å²) in [5, 5.41) is 0. The van der Waals surface area contributed by atoms with Gasteiger partial charge in [-0.3, -0.25) is 0 Å². The van der Waals surface area contributed by atoms with E-state index < -0.39 is 18.4 Å². The Balaban J connectivity index is 2.78. The summed E-state index contributed by atoms with van der Waals surface area (Å²) in [5.74, 6) is 0. The average molecular weight is 386 g/mol. The molecular formula is C19H39Sn. The molecule has 0 spiro atoms. The second-order valence-electron chi connectivity index (χ2n) is 7.11. The molecule has 0 bridgehead atoms. The molecule has 0 N–H and O–H groups in total. The number of hydrogen-bond donors (Lipinski definition) is 0. The van der Waals surface area contributed by atoms with Gasteiger partial charge in [-0.1, -0.05) is 0 Å². The maximum atomic E-state index is 2.40. The summed E-state index contributed by atoms with van der Waals surface area (Å²) in [6.07, 6.45) is 18.0. The van der Waals surface area contributed by atoms with E-state index in [9.17, 15) is 0 Å². The zero-order chi connectivity index (χ0) is 14.7. The summed E-state index contributed by atoms with van der Waals surface area (Å²) in [4.78, 5) is 0. The molecule has 0 amide bonds. The fourth-order valence-corrected chi connectivity index (χ4v) is 22.2. The standard InChI is InChI=1S/C7H12.3C4H9.Sn/c1-2-4-6-7-5-3-1;3*1-3-4-2;/h1-6H2;3*1,3-4H2,2H3;. The third-order valence-electron chi connectivity index (χ3n) is 5.48. The van der Waals surface area contributed by atoms with Crippen molar-refractivity contribution in [3.05, 3.63) is 3.93 Å². The third kappa shape index (κ3) is 6.28. The zero-order valence-corrected chi connectivity index (χ0v) is 17.5. The molecule has 1 rings (SSSR count). The van der Waals surface area contributed by atoms with Crippen LogP contribution in [0.3, 0.4) is 0 Å². The van der Waals surface area contributed by atoms with Crippen LogP contribution in [-0.4, -0.2) is 18.4 Å². The van der Waals surface area contributed by atoms with E-state index in [0.717, 1.165) is 0 Å². The van der Waals surface area contributed by atoms with Gasteiger partial charge in [0.2, 0.25) is 0 Å². The van der Waals surface area contributed by atoms with E-state index in [0.29, 0.717) is 0 Å². The Hall–Kier alpha value is 0.799. The predicted octanol–water partition coefficient (Wildman–Crippen LogP) is 7.30. The van der Waals surface area contributed by atoms with Gasteiger partial charge in [-0.05, 0) is 0 Å². The molecule has 0 aromatic carbocycles. The van der Waals surface area contributed by atoms with E-state index in [4.69, 9.17) is 0 Å². The first kappa shape index (κ1) is 18.8. The normalized spacial score (nSPS) is 18.1. The Morgan fingerprint density at radius 1 is 0.650 bits per heavy atom. The maximum absolute atomic E-state index is 2.40. The molecule has 119 valence electrons. The van der Waals surface area contributed by atoms with Crippen LogP contribution in [0.5, 0.6) is 0 Å². The van der Waals surface area contributed by atoms with E-state index in [2.05, 4.69) is 24.7 Å². The van der Waals surface area contributed by atoms with Crippen LogP contribution in [0, 0.1) is 3.93 Å². The molecule has 0 aromatic rings. The second-order valence-corrected chi connectivity index (χ2v) is 20.7. The van der Waals surface area contributed by atoms with E-state index in [1.54, 1.807) is 26.2 Å². The van der Waals surface area contributed by atoms with Crippen LogP contribution in [0.15, 0.2) is 0 Å². The summed E-state index contributed by atoms with van der Waals surface area (Å²) in [7, 11) is 0. The molecule has 0 nitrogen and oxygen atoms in total. The van der Waals surface area contributed by atoms with Gasteiger partial charge in [-0.2, -0.15) is 0 Å². The van der Waals surface area contributed by atoms with Crippen LogP contribution in [0.2, 0.25) is 13.3 Å². The molecule has 0 atom stereocenters. The molecule has 1 radical (unpaired) electrons. The summed E-state index contributed by atoms with van der Waals surface area (Å²) in [6, 6.07) is 0. The van der Waals surface area contributed by atoms with E-state index in [1.165, 1.54) is 64.2 Å². The molecule has 0 unspecified atom stereocenters. The quantitative estimate of drug-likeness (QED) is 0.273. The Morgan fingerprint density at radius 3 is 1.40 bits per heavy atom. The molecule has 1 fully saturated rings. The van der Waals surface area contributed by atoms with Crippen molar-refractivity contribution in [1.29, 1.82) is 0 Å². The van der Waals surface area contributed by atoms with Crippen molar-refractivity contribution in [3.8, 4) is 0 Å². The Kier molecular flexibility index (Phi) is 10.7. The van der Waals surface area contributed by atoms with Gasteiger partial charge in [0.05, 0.1) is 0 Å². The summed E-state index contributed by atoms with van der Waals surface area (Å²) >= 11 is -1.95. The SMILES string of the molecule is CCC[CH2][Sn]([CH2]CCC)([CH2]CCC)[C]1CCCCCC1. The van der Waals surface area contributed by atoms with E-state index >= 15 is 0 Å². The molecular weight excluding hydrogens is 347 g/mol. The van der Waals surface area contributed by atoms with Crippen molar-refractivity contribution in [2.24, 2.45) is 0 Å². The van der Waals surface area contributed by atoms with Gasteiger partial charge >= 0.3 is 133 Å². The van der Waals surface area contributed by atoms with Crippen LogP contribution in [0.25, 0.3) is 0 Å². The summed E-state index contributed by atoms with van der Waals surface area (Å²) in [6.45, 7) is 7.19. The molecule has 0 saturated heterocycles. The zero-order valence-electron chi connectivity index (χ0n) is 14.6. The van der Waals surface area contributed by atoms with Crippen molar-refractivity contribution < 1.29 is 0 Å². The van der Waals surface area contributed by atoms with Gasteiger partial charge in [0.25, 0.3) is 0 Å². The van der Waals surface area contributed by atoms with Crippen molar-refractivity contribution in [1.82, 2.24) is 0 Å². The van der Waals surface area contributed by atoms with Gasteiger partial charge in [-0.15, -0.1) is 0 Å². The number of hydrogen-bond acceptors (Lipinski definition) is 0. The minimum atomic E-state index is -1.95. The van der Waals surface area contributed by atoms with E-state index in [1.807, 2.05) is 0 Å². The molecule has 0 heterocycles. The van der Waals surface area contributed by atoms with Gasteiger partial charge < -0.3 is 0 Å². The molecule has 1 aliphatic rings. The van der Waals surface area contributed by atoms with E-state index in [-0.39, 0.29) is 0 Å². The van der Waals surface area contributed by atoms with Crippen molar-refractivity contribution >= 4 is 18.4 Å². The minimum absolute atomic E-state index is 1.42. The number of unbranched alkanes of at least 4 members (excludes halogenated alkanes) is 3. The van der Waals surface area contributed by atoms with Crippen molar-refractivity contribution in [2.75, 3.05) is 0 Å². The average Bonchev–Trinajstić information content (AvgIpc) is 2.76. The van der Waals surface area contributed by atoms with Crippen LogP contribution in [-0.2, 0) is 0 Å². The topological polar surface area (TPSA) is 0 Å². The van der Waals surface area contributed by atoms with Gasteiger partial charge in [0.15, 0.2) is 0 Å². The Labute approximate surface area is 133 Å². The molecule has 0 aromatic heterocycles. The summed E-state index contributed by atoms with van der Waals surface area (Å²) in [5.41, 5.74) is 0. The predicted molar refractivity (Wildman–Crippen MR) is 95.8 cm³/mol. The van der Waals surface area contributed by atoms with Crippen LogP contribution >= 0.6 is 0 Å². The molecule has 20 heavy (non-hydrogen) atoms. The third-order valence-corrected chi connectivity index (χ3v) is 22.4. The first-order chi connectivity index (χ1) is 9.79. The number of rotatable bonds is 10.